The standard InChI is InChI=1S/C15H16N2O2/c18-14-8-15(11-4-1-2-5-12(11)19-14)6-3-7-17-10-16-9-13(15)17/h1-6,13,16H,7-10H2. The molecule has 1 spiro atoms. The van der Waals surface area contributed by atoms with E-state index < -0.39 is 0 Å². The van der Waals surface area contributed by atoms with E-state index in [4.69, 9.17) is 4.74 Å². The average molecular weight is 256 g/mol. The molecule has 98 valence electrons. The molecule has 4 rings (SSSR count). The van der Waals surface area contributed by atoms with E-state index in [1.165, 1.54) is 0 Å². The van der Waals surface area contributed by atoms with Crippen molar-refractivity contribution in [1.82, 2.24) is 10.2 Å². The van der Waals surface area contributed by atoms with Crippen molar-refractivity contribution in [1.29, 1.82) is 0 Å². The highest BCUT2D eigenvalue weighted by Crippen LogP contribution is 2.46. The van der Waals surface area contributed by atoms with Crippen LogP contribution in [0.4, 0.5) is 0 Å². The molecule has 0 bridgehead atoms. The molecular weight excluding hydrogens is 240 g/mol. The Morgan fingerprint density at radius 1 is 1.37 bits per heavy atom. The number of esters is 1. The molecule has 2 atom stereocenters. The molecule has 4 nitrogen and oxygen atoms in total. The number of hydrogen-bond acceptors (Lipinski definition) is 4. The maximum atomic E-state index is 12.0. The van der Waals surface area contributed by atoms with Crippen LogP contribution in [-0.4, -0.2) is 36.7 Å². The van der Waals surface area contributed by atoms with Crippen LogP contribution in [0.5, 0.6) is 5.75 Å². The van der Waals surface area contributed by atoms with E-state index in [-0.39, 0.29) is 11.4 Å². The number of rotatable bonds is 0. The zero-order chi connectivity index (χ0) is 12.9. The lowest BCUT2D eigenvalue weighted by Gasteiger charge is -2.45. The minimum absolute atomic E-state index is 0.128. The van der Waals surface area contributed by atoms with Gasteiger partial charge in [0.15, 0.2) is 0 Å². The molecule has 3 heterocycles. The van der Waals surface area contributed by atoms with Crippen molar-refractivity contribution in [3.8, 4) is 5.75 Å². The molecule has 2 unspecified atom stereocenters. The number of carbonyl (C=O) groups is 1. The smallest absolute Gasteiger partial charge is 0.312 e. The molecule has 1 saturated heterocycles. The summed E-state index contributed by atoms with van der Waals surface area (Å²) in [6, 6.07) is 8.26. The van der Waals surface area contributed by atoms with Gasteiger partial charge in [-0.05, 0) is 6.07 Å². The Labute approximate surface area is 112 Å². The number of ether oxygens (including phenoxy) is 1. The molecule has 0 aromatic heterocycles. The van der Waals surface area contributed by atoms with Crippen LogP contribution in [0, 0.1) is 0 Å². The molecule has 1 fully saturated rings. The maximum Gasteiger partial charge on any atom is 0.312 e. The molecule has 0 radical (unpaired) electrons. The van der Waals surface area contributed by atoms with Crippen LogP contribution < -0.4 is 10.1 Å². The van der Waals surface area contributed by atoms with E-state index >= 15 is 0 Å². The number of benzene rings is 1. The third-order valence-electron chi connectivity index (χ3n) is 4.49. The third kappa shape index (κ3) is 1.50. The fourth-order valence-corrected chi connectivity index (χ4v) is 3.67. The number of para-hydroxylation sites is 1. The Bertz CT molecular complexity index is 569. The minimum Gasteiger partial charge on any atom is -0.426 e. The van der Waals surface area contributed by atoms with Crippen molar-refractivity contribution in [3.05, 3.63) is 42.0 Å². The van der Waals surface area contributed by atoms with E-state index in [1.807, 2.05) is 18.2 Å². The van der Waals surface area contributed by atoms with Crippen molar-refractivity contribution in [2.45, 2.75) is 17.9 Å². The van der Waals surface area contributed by atoms with Crippen LogP contribution in [-0.2, 0) is 10.2 Å². The van der Waals surface area contributed by atoms with Crippen LogP contribution in [0.3, 0.4) is 0 Å². The quantitative estimate of drug-likeness (QED) is 0.428. The van der Waals surface area contributed by atoms with Crippen molar-refractivity contribution in [2.24, 2.45) is 0 Å². The van der Waals surface area contributed by atoms with Gasteiger partial charge in [0.05, 0.1) is 6.42 Å². The van der Waals surface area contributed by atoms with Gasteiger partial charge in [0.2, 0.25) is 0 Å². The average Bonchev–Trinajstić information content (AvgIpc) is 2.88. The summed E-state index contributed by atoms with van der Waals surface area (Å²) in [6.45, 7) is 2.77. The van der Waals surface area contributed by atoms with Gasteiger partial charge in [-0.3, -0.25) is 9.69 Å². The molecule has 3 aliphatic heterocycles. The van der Waals surface area contributed by atoms with Gasteiger partial charge in [0.25, 0.3) is 0 Å². The number of nitrogens with zero attached hydrogens (tertiary/aromatic N) is 1. The van der Waals surface area contributed by atoms with Gasteiger partial charge in [0, 0.05) is 36.8 Å². The van der Waals surface area contributed by atoms with Gasteiger partial charge in [-0.25, -0.2) is 0 Å². The molecule has 0 saturated carbocycles. The second-order valence-corrected chi connectivity index (χ2v) is 5.49. The summed E-state index contributed by atoms with van der Waals surface area (Å²) in [7, 11) is 0. The highest BCUT2D eigenvalue weighted by molar-refractivity contribution is 5.79. The number of hydrogen-bond donors (Lipinski definition) is 1. The Morgan fingerprint density at radius 2 is 2.26 bits per heavy atom. The van der Waals surface area contributed by atoms with Gasteiger partial charge in [-0.15, -0.1) is 0 Å². The monoisotopic (exact) mass is 256 g/mol. The molecular formula is C15H16N2O2. The summed E-state index contributed by atoms with van der Waals surface area (Å²) in [4.78, 5) is 14.4. The summed E-state index contributed by atoms with van der Waals surface area (Å²) < 4.78 is 5.40. The second kappa shape index (κ2) is 3.92. The SMILES string of the molecule is O=C1CC2(C=CCN3CNCC32)c2ccccc2O1. The molecule has 19 heavy (non-hydrogen) atoms. The summed E-state index contributed by atoms with van der Waals surface area (Å²) >= 11 is 0. The minimum atomic E-state index is -0.228. The predicted molar refractivity (Wildman–Crippen MR) is 70.9 cm³/mol. The van der Waals surface area contributed by atoms with Crippen LogP contribution in [0.15, 0.2) is 36.4 Å². The number of nitrogens with one attached hydrogen (secondary N) is 1. The van der Waals surface area contributed by atoms with Crippen molar-refractivity contribution >= 4 is 5.97 Å². The first kappa shape index (κ1) is 11.2. The summed E-state index contributed by atoms with van der Waals surface area (Å²) in [5.41, 5.74) is 0.914. The molecule has 1 aromatic carbocycles. The zero-order valence-corrected chi connectivity index (χ0v) is 10.6. The van der Waals surface area contributed by atoms with Crippen LogP contribution in [0.2, 0.25) is 0 Å². The molecule has 4 heteroatoms. The lowest BCUT2D eigenvalue weighted by Crippen LogP contribution is -2.53. The topological polar surface area (TPSA) is 41.6 Å². The molecule has 3 aliphatic rings. The van der Waals surface area contributed by atoms with Crippen molar-refractivity contribution < 1.29 is 9.53 Å². The highest BCUT2D eigenvalue weighted by Gasteiger charge is 2.50. The van der Waals surface area contributed by atoms with Crippen LogP contribution in [0.1, 0.15) is 12.0 Å². The largest absolute Gasteiger partial charge is 0.426 e. The fourth-order valence-electron chi connectivity index (χ4n) is 3.67. The zero-order valence-electron chi connectivity index (χ0n) is 10.6. The van der Waals surface area contributed by atoms with Crippen molar-refractivity contribution in [3.63, 3.8) is 0 Å². The van der Waals surface area contributed by atoms with E-state index in [9.17, 15) is 4.79 Å². The maximum absolute atomic E-state index is 12.0. The van der Waals surface area contributed by atoms with Gasteiger partial charge in [-0.1, -0.05) is 30.4 Å². The lowest BCUT2D eigenvalue weighted by atomic mass is 9.68. The highest BCUT2D eigenvalue weighted by atomic mass is 16.5. The molecule has 0 amide bonds. The third-order valence-corrected chi connectivity index (χ3v) is 4.49. The first-order chi connectivity index (χ1) is 9.29. The van der Waals surface area contributed by atoms with E-state index in [2.05, 4.69) is 28.4 Å². The van der Waals surface area contributed by atoms with Gasteiger partial charge in [-0.2, -0.15) is 0 Å². The lowest BCUT2D eigenvalue weighted by molar-refractivity contribution is -0.137. The predicted octanol–water partition coefficient (Wildman–Crippen LogP) is 1.03. The summed E-state index contributed by atoms with van der Waals surface area (Å²) in [5, 5.41) is 3.42. The second-order valence-electron chi connectivity index (χ2n) is 5.49. The van der Waals surface area contributed by atoms with Gasteiger partial charge in [0.1, 0.15) is 5.75 Å². The molecule has 0 aliphatic carbocycles. The van der Waals surface area contributed by atoms with E-state index in [0.29, 0.717) is 12.5 Å². The Kier molecular flexibility index (Phi) is 2.31. The van der Waals surface area contributed by atoms with E-state index in [1.54, 1.807) is 0 Å². The number of fused-ring (bicyclic) bond motifs is 4. The summed E-state index contributed by atoms with van der Waals surface area (Å²) in [5.74, 6) is 0.592. The Hall–Kier alpha value is -1.65. The van der Waals surface area contributed by atoms with Gasteiger partial charge < -0.3 is 10.1 Å². The fraction of sp³-hybridized carbons (Fsp3) is 0.400. The molecule has 1 aromatic rings. The summed E-state index contributed by atoms with van der Waals surface area (Å²) in [6.07, 6.45) is 4.84. The van der Waals surface area contributed by atoms with Crippen LogP contribution >= 0.6 is 0 Å². The van der Waals surface area contributed by atoms with Crippen molar-refractivity contribution in [2.75, 3.05) is 19.8 Å². The van der Waals surface area contributed by atoms with Crippen LogP contribution in [0.25, 0.3) is 0 Å². The Morgan fingerprint density at radius 3 is 3.21 bits per heavy atom. The van der Waals surface area contributed by atoms with Gasteiger partial charge >= 0.3 is 5.97 Å². The first-order valence-corrected chi connectivity index (χ1v) is 6.72. The molecule has 1 N–H and O–H groups in total. The first-order valence-electron chi connectivity index (χ1n) is 6.72. The normalized spacial score (nSPS) is 33.1. The number of carbonyl (C=O) groups excluding carboxylic acids is 1. The Balaban J connectivity index is 1.91. The van der Waals surface area contributed by atoms with E-state index in [0.717, 1.165) is 31.1 Å².